The Bertz CT molecular complexity index is 1070. The summed E-state index contributed by atoms with van der Waals surface area (Å²) in [5, 5.41) is 2.99. The lowest BCUT2D eigenvalue weighted by Gasteiger charge is -2.12. The maximum absolute atomic E-state index is 12.3. The van der Waals surface area contributed by atoms with Crippen molar-refractivity contribution >= 4 is 22.6 Å². The van der Waals surface area contributed by atoms with Gasteiger partial charge in [0.1, 0.15) is 5.65 Å². The molecule has 8 nitrogen and oxygen atoms in total. The van der Waals surface area contributed by atoms with Crippen molar-refractivity contribution in [2.24, 2.45) is 0 Å². The fourth-order valence-corrected chi connectivity index (χ4v) is 2.73. The predicted octanol–water partition coefficient (Wildman–Crippen LogP) is 1.04. The molecule has 0 saturated carbocycles. The van der Waals surface area contributed by atoms with Crippen LogP contribution in [-0.4, -0.2) is 41.5 Å². The van der Waals surface area contributed by atoms with Crippen LogP contribution < -0.4 is 21.5 Å². The standard InChI is InChI=1S/C19H21N5O3/c1-24(2)14-7-5-12(6-8-14)4-3-9-20-17(25)13-10-15-16(21-11-13)22-19(27)23-18(15)26/h5-8,10-11H,3-4,9H2,1-2H3,(H,20,25)(H2,21,22,23,26,27). The van der Waals surface area contributed by atoms with Gasteiger partial charge in [-0.05, 0) is 36.6 Å². The zero-order valence-corrected chi connectivity index (χ0v) is 15.2. The number of H-pyrrole nitrogens is 2. The van der Waals surface area contributed by atoms with Gasteiger partial charge in [-0.1, -0.05) is 12.1 Å². The summed E-state index contributed by atoms with van der Waals surface area (Å²) in [5.41, 5.74) is 1.58. The van der Waals surface area contributed by atoms with E-state index < -0.39 is 11.2 Å². The van der Waals surface area contributed by atoms with Gasteiger partial charge in [-0.3, -0.25) is 19.6 Å². The zero-order chi connectivity index (χ0) is 19.4. The molecule has 0 atom stereocenters. The number of pyridine rings is 1. The Hall–Kier alpha value is -3.42. The molecule has 0 aliphatic heterocycles. The summed E-state index contributed by atoms with van der Waals surface area (Å²) in [6.45, 7) is 0.508. The van der Waals surface area contributed by atoms with Crippen LogP contribution in [0.3, 0.4) is 0 Å². The molecule has 0 radical (unpaired) electrons. The van der Waals surface area contributed by atoms with E-state index in [1.54, 1.807) is 0 Å². The number of fused-ring (bicyclic) bond motifs is 1. The quantitative estimate of drug-likeness (QED) is 0.564. The molecule has 0 saturated heterocycles. The fraction of sp³-hybridized carbons (Fsp3) is 0.263. The molecular formula is C19H21N5O3. The van der Waals surface area contributed by atoms with Gasteiger partial charge in [0.25, 0.3) is 11.5 Å². The highest BCUT2D eigenvalue weighted by atomic mass is 16.2. The number of aromatic nitrogens is 3. The van der Waals surface area contributed by atoms with E-state index in [2.05, 4.69) is 44.5 Å². The van der Waals surface area contributed by atoms with Crippen LogP contribution in [0.5, 0.6) is 0 Å². The van der Waals surface area contributed by atoms with Gasteiger partial charge < -0.3 is 10.2 Å². The summed E-state index contributed by atoms with van der Waals surface area (Å²) in [7, 11) is 4.00. The molecule has 3 N–H and O–H groups in total. The molecule has 2 aromatic heterocycles. The average molecular weight is 367 g/mol. The molecule has 1 aromatic carbocycles. The lowest BCUT2D eigenvalue weighted by Crippen LogP contribution is -2.26. The zero-order valence-electron chi connectivity index (χ0n) is 15.2. The van der Waals surface area contributed by atoms with Crippen molar-refractivity contribution in [1.82, 2.24) is 20.3 Å². The van der Waals surface area contributed by atoms with Gasteiger partial charge in [-0.25, -0.2) is 9.78 Å². The van der Waals surface area contributed by atoms with Gasteiger partial charge in [-0.2, -0.15) is 0 Å². The molecule has 0 aliphatic carbocycles. The van der Waals surface area contributed by atoms with Crippen molar-refractivity contribution in [3.05, 3.63) is 68.5 Å². The SMILES string of the molecule is CN(C)c1ccc(CCCNC(=O)c2cnc3[nH]c(=O)[nH]c(=O)c3c2)cc1. The number of nitrogens with one attached hydrogen (secondary N) is 3. The molecule has 0 aliphatic rings. The van der Waals surface area contributed by atoms with E-state index in [9.17, 15) is 14.4 Å². The molecule has 0 bridgehead atoms. The number of rotatable bonds is 6. The second-order valence-corrected chi connectivity index (χ2v) is 6.45. The van der Waals surface area contributed by atoms with Gasteiger partial charge in [0.15, 0.2) is 0 Å². The van der Waals surface area contributed by atoms with E-state index >= 15 is 0 Å². The number of amides is 1. The number of aromatic amines is 2. The van der Waals surface area contributed by atoms with Crippen LogP contribution in [0.15, 0.2) is 46.1 Å². The largest absolute Gasteiger partial charge is 0.378 e. The Morgan fingerprint density at radius 1 is 1.15 bits per heavy atom. The third-order valence-electron chi connectivity index (χ3n) is 4.23. The first kappa shape index (κ1) is 18.4. The number of carbonyl (C=O) groups is 1. The summed E-state index contributed by atoms with van der Waals surface area (Å²) in [6, 6.07) is 9.72. The number of carbonyl (C=O) groups excluding carboxylic acids is 1. The van der Waals surface area contributed by atoms with E-state index in [1.165, 1.54) is 17.8 Å². The number of nitrogens with zero attached hydrogens (tertiary/aromatic N) is 2. The van der Waals surface area contributed by atoms with Gasteiger partial charge in [-0.15, -0.1) is 0 Å². The van der Waals surface area contributed by atoms with Crippen molar-refractivity contribution < 1.29 is 4.79 Å². The minimum atomic E-state index is -0.629. The van der Waals surface area contributed by atoms with Crippen molar-refractivity contribution in [2.45, 2.75) is 12.8 Å². The summed E-state index contributed by atoms with van der Waals surface area (Å²) in [4.78, 5) is 45.9. The van der Waals surface area contributed by atoms with Crippen LogP contribution in [0, 0.1) is 0 Å². The fourth-order valence-electron chi connectivity index (χ4n) is 2.73. The molecule has 3 rings (SSSR count). The smallest absolute Gasteiger partial charge is 0.327 e. The Labute approximate surface area is 155 Å². The van der Waals surface area contributed by atoms with Crippen LogP contribution in [0.1, 0.15) is 22.3 Å². The second kappa shape index (κ2) is 7.86. The van der Waals surface area contributed by atoms with Crippen LogP contribution in [0.25, 0.3) is 11.0 Å². The lowest BCUT2D eigenvalue weighted by atomic mass is 10.1. The van der Waals surface area contributed by atoms with Gasteiger partial charge >= 0.3 is 5.69 Å². The predicted molar refractivity (Wildman–Crippen MR) is 104 cm³/mol. The molecule has 27 heavy (non-hydrogen) atoms. The molecule has 8 heteroatoms. The number of anilines is 1. The third-order valence-corrected chi connectivity index (χ3v) is 4.23. The van der Waals surface area contributed by atoms with E-state index in [-0.39, 0.29) is 22.5 Å². The molecule has 2 heterocycles. The molecule has 0 unspecified atom stereocenters. The van der Waals surface area contributed by atoms with Gasteiger partial charge in [0.2, 0.25) is 0 Å². The Kier molecular flexibility index (Phi) is 5.35. The van der Waals surface area contributed by atoms with Crippen molar-refractivity contribution in [3.8, 4) is 0 Å². The summed E-state index contributed by atoms with van der Waals surface area (Å²) in [6.07, 6.45) is 2.99. The number of hydrogen-bond donors (Lipinski definition) is 3. The normalized spacial score (nSPS) is 10.7. The van der Waals surface area contributed by atoms with Crippen LogP contribution in [0.4, 0.5) is 5.69 Å². The third kappa shape index (κ3) is 4.41. The molecule has 1 amide bonds. The number of hydrogen-bond acceptors (Lipinski definition) is 5. The molecule has 140 valence electrons. The monoisotopic (exact) mass is 367 g/mol. The second-order valence-electron chi connectivity index (χ2n) is 6.45. The van der Waals surface area contributed by atoms with Crippen molar-refractivity contribution in [1.29, 1.82) is 0 Å². The maximum Gasteiger partial charge on any atom is 0.327 e. The van der Waals surface area contributed by atoms with Gasteiger partial charge in [0, 0.05) is 32.5 Å². The highest BCUT2D eigenvalue weighted by molar-refractivity contribution is 5.96. The highest BCUT2D eigenvalue weighted by Crippen LogP contribution is 2.13. The summed E-state index contributed by atoms with van der Waals surface area (Å²) < 4.78 is 0. The lowest BCUT2D eigenvalue weighted by molar-refractivity contribution is 0.0953. The summed E-state index contributed by atoms with van der Waals surface area (Å²) >= 11 is 0. The van der Waals surface area contributed by atoms with Crippen LogP contribution in [0.2, 0.25) is 0 Å². The topological polar surface area (TPSA) is 111 Å². The van der Waals surface area contributed by atoms with Crippen LogP contribution in [-0.2, 0) is 6.42 Å². The Balaban J connectivity index is 1.57. The first-order valence-corrected chi connectivity index (χ1v) is 8.61. The first-order chi connectivity index (χ1) is 12.9. The Morgan fingerprint density at radius 3 is 2.59 bits per heavy atom. The molecule has 3 aromatic rings. The van der Waals surface area contributed by atoms with E-state index in [4.69, 9.17) is 0 Å². The Morgan fingerprint density at radius 2 is 1.89 bits per heavy atom. The molecular weight excluding hydrogens is 346 g/mol. The van der Waals surface area contributed by atoms with Gasteiger partial charge in [0.05, 0.1) is 10.9 Å². The summed E-state index contributed by atoms with van der Waals surface area (Å²) in [5.74, 6) is -0.307. The highest BCUT2D eigenvalue weighted by Gasteiger charge is 2.09. The molecule has 0 fully saturated rings. The minimum absolute atomic E-state index is 0.154. The van der Waals surface area contributed by atoms with Crippen molar-refractivity contribution in [3.63, 3.8) is 0 Å². The van der Waals surface area contributed by atoms with E-state index in [0.29, 0.717) is 6.54 Å². The minimum Gasteiger partial charge on any atom is -0.378 e. The molecule has 0 spiro atoms. The van der Waals surface area contributed by atoms with Crippen LogP contribution >= 0.6 is 0 Å². The van der Waals surface area contributed by atoms with E-state index in [0.717, 1.165) is 18.5 Å². The first-order valence-electron chi connectivity index (χ1n) is 8.61. The average Bonchev–Trinajstić information content (AvgIpc) is 2.65. The number of benzene rings is 1. The van der Waals surface area contributed by atoms with E-state index in [1.807, 2.05) is 19.0 Å². The maximum atomic E-state index is 12.3. The van der Waals surface area contributed by atoms with Crippen molar-refractivity contribution in [2.75, 3.05) is 25.5 Å². The number of aryl methyl sites for hydroxylation is 1.